The normalized spacial score (nSPS) is 21.1. The molecule has 0 amide bonds. The maximum absolute atomic E-state index is 11.7. The fraction of sp³-hybridized carbons (Fsp3) is 0.667. The van der Waals surface area contributed by atoms with E-state index in [4.69, 9.17) is 14.2 Å². The van der Waals surface area contributed by atoms with E-state index in [1.165, 1.54) is 16.2 Å². The Morgan fingerprint density at radius 2 is 2.30 bits per heavy atom. The molecular weight excluding hydrogens is 276 g/mol. The SMILES string of the molecule is CCOC(=O)c1cc(C)c(CC[C@H]2COC(C)(C)O2)s1. The molecule has 1 aromatic rings. The van der Waals surface area contributed by atoms with Crippen LogP contribution in [0.4, 0.5) is 0 Å². The molecule has 5 heteroatoms. The highest BCUT2D eigenvalue weighted by atomic mass is 32.1. The lowest BCUT2D eigenvalue weighted by Crippen LogP contribution is -2.21. The van der Waals surface area contributed by atoms with Crippen molar-refractivity contribution in [1.29, 1.82) is 0 Å². The highest BCUT2D eigenvalue weighted by molar-refractivity contribution is 7.14. The van der Waals surface area contributed by atoms with Crippen LogP contribution in [0.25, 0.3) is 0 Å². The number of thiophene rings is 1. The average Bonchev–Trinajstić information content (AvgIpc) is 2.90. The Hall–Kier alpha value is -0.910. The molecule has 0 aliphatic carbocycles. The smallest absolute Gasteiger partial charge is 0.348 e. The molecule has 1 fully saturated rings. The summed E-state index contributed by atoms with van der Waals surface area (Å²) in [6, 6.07) is 1.91. The van der Waals surface area contributed by atoms with E-state index in [1.54, 1.807) is 0 Å². The summed E-state index contributed by atoms with van der Waals surface area (Å²) in [5.74, 6) is -0.695. The van der Waals surface area contributed by atoms with Crippen LogP contribution in [0.2, 0.25) is 0 Å². The third-order valence-electron chi connectivity index (χ3n) is 3.26. The minimum absolute atomic E-state index is 0.137. The number of hydrogen-bond acceptors (Lipinski definition) is 5. The number of aryl methyl sites for hydroxylation is 2. The Morgan fingerprint density at radius 1 is 1.55 bits per heavy atom. The fourth-order valence-electron chi connectivity index (χ4n) is 2.27. The molecule has 2 rings (SSSR count). The van der Waals surface area contributed by atoms with Gasteiger partial charge in [-0.15, -0.1) is 11.3 Å². The lowest BCUT2D eigenvalue weighted by atomic mass is 10.1. The first-order chi connectivity index (χ1) is 9.41. The van der Waals surface area contributed by atoms with Gasteiger partial charge in [0.25, 0.3) is 0 Å². The van der Waals surface area contributed by atoms with Gasteiger partial charge in [-0.1, -0.05) is 0 Å². The van der Waals surface area contributed by atoms with Crippen LogP contribution in [-0.2, 0) is 20.6 Å². The lowest BCUT2D eigenvalue weighted by molar-refractivity contribution is -0.138. The van der Waals surface area contributed by atoms with E-state index in [1.807, 2.05) is 33.8 Å². The van der Waals surface area contributed by atoms with Crippen LogP contribution < -0.4 is 0 Å². The van der Waals surface area contributed by atoms with Crippen molar-refractivity contribution in [2.24, 2.45) is 0 Å². The first kappa shape index (κ1) is 15.5. The van der Waals surface area contributed by atoms with Crippen LogP contribution in [0.15, 0.2) is 6.07 Å². The molecule has 1 aliphatic heterocycles. The van der Waals surface area contributed by atoms with Crippen molar-refractivity contribution in [2.45, 2.75) is 52.4 Å². The Bertz CT molecular complexity index is 478. The Kier molecular flexibility index (Phi) is 4.83. The van der Waals surface area contributed by atoms with Gasteiger partial charge in [0, 0.05) is 4.88 Å². The molecule has 1 saturated heterocycles. The van der Waals surface area contributed by atoms with Gasteiger partial charge in [0.2, 0.25) is 0 Å². The van der Waals surface area contributed by atoms with Crippen LogP contribution in [0.3, 0.4) is 0 Å². The molecule has 20 heavy (non-hydrogen) atoms. The second kappa shape index (κ2) is 6.24. The minimum atomic E-state index is -0.467. The maximum Gasteiger partial charge on any atom is 0.348 e. The summed E-state index contributed by atoms with van der Waals surface area (Å²) in [4.78, 5) is 13.6. The van der Waals surface area contributed by atoms with Crippen LogP contribution >= 0.6 is 11.3 Å². The van der Waals surface area contributed by atoms with Gasteiger partial charge in [-0.25, -0.2) is 4.79 Å². The van der Waals surface area contributed by atoms with Crippen molar-refractivity contribution in [3.8, 4) is 0 Å². The number of hydrogen-bond donors (Lipinski definition) is 0. The van der Waals surface area contributed by atoms with Crippen LogP contribution in [-0.4, -0.2) is 31.1 Å². The van der Waals surface area contributed by atoms with Crippen molar-refractivity contribution >= 4 is 17.3 Å². The first-order valence-electron chi connectivity index (χ1n) is 6.99. The van der Waals surface area contributed by atoms with E-state index in [2.05, 4.69) is 0 Å². The number of rotatable bonds is 5. The van der Waals surface area contributed by atoms with Crippen molar-refractivity contribution in [1.82, 2.24) is 0 Å². The molecule has 1 aromatic heterocycles. The molecule has 0 aromatic carbocycles. The summed E-state index contributed by atoms with van der Waals surface area (Å²) in [5, 5.41) is 0. The van der Waals surface area contributed by atoms with E-state index < -0.39 is 5.79 Å². The van der Waals surface area contributed by atoms with Crippen LogP contribution in [0.5, 0.6) is 0 Å². The molecule has 0 spiro atoms. The highest BCUT2D eigenvalue weighted by Crippen LogP contribution is 2.28. The second-order valence-electron chi connectivity index (χ2n) is 5.43. The van der Waals surface area contributed by atoms with Crippen molar-refractivity contribution in [2.75, 3.05) is 13.2 Å². The third kappa shape index (κ3) is 3.81. The summed E-state index contributed by atoms with van der Waals surface area (Å²) in [6.07, 6.45) is 1.95. The molecule has 2 heterocycles. The average molecular weight is 298 g/mol. The number of carbonyl (C=O) groups excluding carboxylic acids is 1. The zero-order valence-corrected chi connectivity index (χ0v) is 13.3. The van der Waals surface area contributed by atoms with Crippen molar-refractivity contribution in [3.63, 3.8) is 0 Å². The molecule has 0 N–H and O–H groups in total. The van der Waals surface area contributed by atoms with Gasteiger partial charge in [-0.05, 0) is 52.2 Å². The summed E-state index contributed by atoms with van der Waals surface area (Å²) in [7, 11) is 0. The Morgan fingerprint density at radius 3 is 2.90 bits per heavy atom. The minimum Gasteiger partial charge on any atom is -0.462 e. The van der Waals surface area contributed by atoms with Crippen LogP contribution in [0, 0.1) is 6.92 Å². The van der Waals surface area contributed by atoms with Gasteiger partial charge in [-0.3, -0.25) is 0 Å². The number of carbonyl (C=O) groups is 1. The molecule has 0 saturated carbocycles. The number of esters is 1. The van der Waals surface area contributed by atoms with E-state index in [9.17, 15) is 4.79 Å². The number of ether oxygens (including phenoxy) is 3. The Labute approximate surface area is 124 Å². The van der Waals surface area contributed by atoms with E-state index >= 15 is 0 Å². The van der Waals surface area contributed by atoms with Crippen LogP contribution in [0.1, 0.15) is 47.3 Å². The van der Waals surface area contributed by atoms with E-state index in [-0.39, 0.29) is 12.1 Å². The summed E-state index contributed by atoms with van der Waals surface area (Å²) in [6.45, 7) is 8.77. The van der Waals surface area contributed by atoms with E-state index in [0.717, 1.165) is 18.4 Å². The standard InChI is InChI=1S/C15H22O4S/c1-5-17-14(16)13-8-10(2)12(20-13)7-6-11-9-18-15(3,4)19-11/h8,11H,5-7,9H2,1-4H3/t11-/m0/s1. The summed E-state index contributed by atoms with van der Waals surface area (Å²) < 4.78 is 16.4. The van der Waals surface area contributed by atoms with E-state index in [0.29, 0.717) is 18.1 Å². The maximum atomic E-state index is 11.7. The van der Waals surface area contributed by atoms with Gasteiger partial charge in [0.1, 0.15) is 4.88 Å². The molecule has 4 nitrogen and oxygen atoms in total. The summed E-state index contributed by atoms with van der Waals surface area (Å²) in [5.41, 5.74) is 1.15. The quantitative estimate of drug-likeness (QED) is 0.782. The van der Waals surface area contributed by atoms with Gasteiger partial charge < -0.3 is 14.2 Å². The fourth-order valence-corrected chi connectivity index (χ4v) is 3.35. The zero-order valence-electron chi connectivity index (χ0n) is 12.5. The van der Waals surface area contributed by atoms with Gasteiger partial charge >= 0.3 is 5.97 Å². The van der Waals surface area contributed by atoms with Gasteiger partial charge in [0.05, 0.1) is 19.3 Å². The monoisotopic (exact) mass is 298 g/mol. The largest absolute Gasteiger partial charge is 0.462 e. The Balaban J connectivity index is 1.92. The molecule has 112 valence electrons. The van der Waals surface area contributed by atoms with Gasteiger partial charge in [0.15, 0.2) is 5.79 Å². The molecular formula is C15H22O4S. The molecule has 0 unspecified atom stereocenters. The van der Waals surface area contributed by atoms with Gasteiger partial charge in [-0.2, -0.15) is 0 Å². The molecule has 1 aliphatic rings. The first-order valence-corrected chi connectivity index (χ1v) is 7.81. The highest BCUT2D eigenvalue weighted by Gasteiger charge is 2.32. The van der Waals surface area contributed by atoms with Crippen molar-refractivity contribution in [3.05, 3.63) is 21.4 Å². The third-order valence-corrected chi connectivity index (χ3v) is 4.53. The molecule has 0 radical (unpaired) electrons. The zero-order chi connectivity index (χ0) is 14.8. The summed E-state index contributed by atoms with van der Waals surface area (Å²) >= 11 is 1.52. The second-order valence-corrected chi connectivity index (χ2v) is 6.56. The predicted octanol–water partition coefficient (Wildman–Crippen LogP) is 3.32. The molecule has 1 atom stereocenters. The molecule has 0 bridgehead atoms. The van der Waals surface area contributed by atoms with Crippen molar-refractivity contribution < 1.29 is 19.0 Å². The topological polar surface area (TPSA) is 44.8 Å². The lowest BCUT2D eigenvalue weighted by Gasteiger charge is -2.16. The predicted molar refractivity (Wildman–Crippen MR) is 78.2 cm³/mol.